The van der Waals surface area contributed by atoms with Gasteiger partial charge in [-0.3, -0.25) is 0 Å². The van der Waals surface area contributed by atoms with E-state index in [1.807, 2.05) is 17.8 Å². The molecule has 29 heavy (non-hydrogen) atoms. The van der Waals surface area contributed by atoms with Gasteiger partial charge in [-0.15, -0.1) is 0 Å². The summed E-state index contributed by atoms with van der Waals surface area (Å²) in [5.41, 5.74) is 11.8. The van der Waals surface area contributed by atoms with Gasteiger partial charge in [-0.05, 0) is 36.5 Å². The van der Waals surface area contributed by atoms with Crippen LogP contribution in [0.25, 0.3) is 32.6 Å². The maximum Gasteiger partial charge on any atom is 0.232 e. The van der Waals surface area contributed by atoms with Crippen LogP contribution in [0.3, 0.4) is 0 Å². The Bertz CT molecular complexity index is 1210. The number of thiophene rings is 1. The highest BCUT2D eigenvalue weighted by Gasteiger charge is 2.31. The first-order valence-corrected chi connectivity index (χ1v) is 11.6. The van der Waals surface area contributed by atoms with Crippen LogP contribution in [-0.2, 0) is 23.0 Å². The highest BCUT2D eigenvalue weighted by molar-refractivity contribution is 7.93. The van der Waals surface area contributed by atoms with Crippen LogP contribution in [0.5, 0.6) is 0 Å². The lowest BCUT2D eigenvalue weighted by Crippen LogP contribution is -2.11. The van der Waals surface area contributed by atoms with Crippen molar-refractivity contribution in [1.82, 2.24) is 19.5 Å². The highest BCUT2D eigenvalue weighted by atomic mass is 32.2. The van der Waals surface area contributed by atoms with E-state index in [2.05, 4.69) is 22.1 Å². The third-order valence-electron chi connectivity index (χ3n) is 5.27. The Morgan fingerprint density at radius 2 is 2.17 bits per heavy atom. The molecule has 0 aromatic carbocycles. The largest absolute Gasteiger partial charge is 0.611 e. The zero-order valence-corrected chi connectivity index (χ0v) is 17.8. The second kappa shape index (κ2) is 7.24. The molecule has 1 aliphatic carbocycles. The predicted octanol–water partition coefficient (Wildman–Crippen LogP) is 3.46. The van der Waals surface area contributed by atoms with Gasteiger partial charge in [0.2, 0.25) is 4.21 Å². The van der Waals surface area contributed by atoms with Gasteiger partial charge in [0.1, 0.15) is 16.3 Å². The van der Waals surface area contributed by atoms with Crippen molar-refractivity contribution in [3.8, 4) is 11.3 Å². The number of methoxy groups -OCH3 is 1. The minimum absolute atomic E-state index is 0.431. The SMILES string of the molecule is COCC[S@@+]([O-])c1sc2nc(-c3cnc4ncn(C)c4c3)cc(C3CC3)c2c1N. The molecule has 1 atom stereocenters. The Morgan fingerprint density at radius 1 is 1.34 bits per heavy atom. The average Bonchev–Trinajstić information content (AvgIpc) is 3.44. The van der Waals surface area contributed by atoms with Crippen molar-refractivity contribution in [2.45, 2.75) is 23.0 Å². The summed E-state index contributed by atoms with van der Waals surface area (Å²) in [6.45, 7) is 0.435. The van der Waals surface area contributed by atoms with E-state index in [0.717, 1.165) is 45.5 Å². The first-order valence-electron chi connectivity index (χ1n) is 9.44. The van der Waals surface area contributed by atoms with Crippen LogP contribution in [-0.4, -0.2) is 43.5 Å². The lowest BCUT2D eigenvalue weighted by Gasteiger charge is -2.09. The zero-order chi connectivity index (χ0) is 20.1. The van der Waals surface area contributed by atoms with Crippen LogP contribution in [0.15, 0.2) is 28.9 Å². The maximum absolute atomic E-state index is 12.7. The fourth-order valence-electron chi connectivity index (χ4n) is 3.56. The molecule has 7 nitrogen and oxygen atoms in total. The summed E-state index contributed by atoms with van der Waals surface area (Å²) < 4.78 is 20.4. The van der Waals surface area contributed by atoms with Gasteiger partial charge >= 0.3 is 0 Å². The van der Waals surface area contributed by atoms with E-state index in [-0.39, 0.29) is 0 Å². The molecule has 0 saturated heterocycles. The van der Waals surface area contributed by atoms with Crippen LogP contribution in [0.1, 0.15) is 24.3 Å². The predicted molar refractivity (Wildman–Crippen MR) is 117 cm³/mol. The molecule has 1 aliphatic rings. The molecular formula is C20H21N5O2S2. The first-order chi connectivity index (χ1) is 14.1. The standard InChI is InChI=1S/C20H21N5O2S2/c1-25-10-23-18-15(25)7-12(9-22-18)14-8-13(11-3-4-11)16-17(21)20(28-19(16)24-14)29(26)6-5-27-2/h7-11H,3-6,21H2,1-2H3/t29-/m1/s1. The van der Waals surface area contributed by atoms with E-state index in [1.54, 1.807) is 13.4 Å². The number of hydrogen-bond donors (Lipinski definition) is 1. The van der Waals surface area contributed by atoms with E-state index in [9.17, 15) is 4.55 Å². The molecule has 0 bridgehead atoms. The van der Waals surface area contributed by atoms with Gasteiger partial charge in [0.15, 0.2) is 5.65 Å². The molecule has 4 aromatic heterocycles. The van der Waals surface area contributed by atoms with Gasteiger partial charge in [-0.25, -0.2) is 15.0 Å². The smallest absolute Gasteiger partial charge is 0.232 e. The van der Waals surface area contributed by atoms with Crippen molar-refractivity contribution in [2.24, 2.45) is 7.05 Å². The van der Waals surface area contributed by atoms with Gasteiger partial charge in [0, 0.05) is 42.5 Å². The molecule has 0 radical (unpaired) electrons. The number of pyridine rings is 2. The van der Waals surface area contributed by atoms with Gasteiger partial charge in [-0.2, -0.15) is 0 Å². The Morgan fingerprint density at radius 3 is 2.93 bits per heavy atom. The van der Waals surface area contributed by atoms with Gasteiger partial charge in [0.05, 0.1) is 24.1 Å². The van der Waals surface area contributed by atoms with Gasteiger partial charge in [0.25, 0.3) is 0 Å². The zero-order valence-electron chi connectivity index (χ0n) is 16.2. The summed E-state index contributed by atoms with van der Waals surface area (Å²) >= 11 is 0.238. The van der Waals surface area contributed by atoms with Crippen molar-refractivity contribution in [1.29, 1.82) is 0 Å². The number of rotatable bonds is 6. The topological polar surface area (TPSA) is 102 Å². The monoisotopic (exact) mass is 427 g/mol. The minimum atomic E-state index is -1.19. The third-order valence-corrected chi connectivity index (χ3v) is 8.14. The number of anilines is 1. The number of aryl methyl sites for hydroxylation is 1. The van der Waals surface area contributed by atoms with E-state index < -0.39 is 11.2 Å². The van der Waals surface area contributed by atoms with Crippen LogP contribution in [0, 0.1) is 0 Å². The molecule has 0 amide bonds. The number of nitrogens with zero attached hydrogens (tertiary/aromatic N) is 4. The number of nitrogen functional groups attached to an aromatic ring is 1. The average molecular weight is 428 g/mol. The minimum Gasteiger partial charge on any atom is -0.611 e. The molecule has 1 saturated carbocycles. The molecular weight excluding hydrogens is 406 g/mol. The lowest BCUT2D eigenvalue weighted by molar-refractivity contribution is 0.217. The molecule has 1 fully saturated rings. The second-order valence-corrected chi connectivity index (χ2v) is 10.1. The lowest BCUT2D eigenvalue weighted by atomic mass is 10.0. The molecule has 0 aliphatic heterocycles. The van der Waals surface area contributed by atoms with Crippen molar-refractivity contribution in [2.75, 3.05) is 25.2 Å². The maximum atomic E-state index is 12.7. The van der Waals surface area contributed by atoms with Crippen LogP contribution >= 0.6 is 11.3 Å². The van der Waals surface area contributed by atoms with E-state index >= 15 is 0 Å². The van der Waals surface area contributed by atoms with E-state index in [0.29, 0.717) is 28.2 Å². The number of hydrogen-bond acceptors (Lipinski definition) is 7. The van der Waals surface area contributed by atoms with Crippen molar-refractivity contribution >= 4 is 49.6 Å². The van der Waals surface area contributed by atoms with Crippen molar-refractivity contribution < 1.29 is 9.29 Å². The summed E-state index contributed by atoms with van der Waals surface area (Å²) in [6, 6.07) is 4.19. The summed E-state index contributed by atoms with van der Waals surface area (Å²) in [5.74, 6) is 0.921. The molecule has 2 N–H and O–H groups in total. The van der Waals surface area contributed by atoms with Crippen molar-refractivity contribution in [3.05, 3.63) is 30.2 Å². The molecule has 9 heteroatoms. The number of nitrogens with two attached hydrogens (primary N) is 1. The number of imidazole rings is 1. The van der Waals surface area contributed by atoms with Crippen LogP contribution < -0.4 is 5.73 Å². The molecule has 0 unspecified atom stereocenters. The molecule has 150 valence electrons. The van der Waals surface area contributed by atoms with Crippen LogP contribution in [0.4, 0.5) is 5.69 Å². The Balaban J connectivity index is 1.66. The Labute approximate surface area is 175 Å². The first kappa shape index (κ1) is 18.8. The fraction of sp³-hybridized carbons (Fsp3) is 0.350. The van der Waals surface area contributed by atoms with Gasteiger partial charge in [-0.1, -0.05) is 11.3 Å². The van der Waals surface area contributed by atoms with Gasteiger partial charge < -0.3 is 19.6 Å². The number of ether oxygens (including phenoxy) is 1. The number of fused-ring (bicyclic) bond motifs is 2. The number of aromatic nitrogens is 4. The summed E-state index contributed by atoms with van der Waals surface area (Å²) in [7, 11) is 3.56. The Hall–Kier alpha value is -2.20. The quantitative estimate of drug-likeness (QED) is 0.473. The van der Waals surface area contributed by atoms with E-state index in [4.69, 9.17) is 15.5 Å². The highest BCUT2D eigenvalue weighted by Crippen LogP contribution is 2.48. The third kappa shape index (κ3) is 3.28. The van der Waals surface area contributed by atoms with Crippen LogP contribution in [0.2, 0.25) is 0 Å². The van der Waals surface area contributed by atoms with E-state index in [1.165, 1.54) is 16.9 Å². The fourth-order valence-corrected chi connectivity index (χ4v) is 6.13. The summed E-state index contributed by atoms with van der Waals surface area (Å²) in [4.78, 5) is 14.5. The Kier molecular flexibility index (Phi) is 4.70. The second-order valence-electron chi connectivity index (χ2n) is 7.32. The van der Waals surface area contributed by atoms with Crippen molar-refractivity contribution in [3.63, 3.8) is 0 Å². The summed E-state index contributed by atoms with van der Waals surface area (Å²) in [6.07, 6.45) is 5.87. The normalized spacial score (nSPS) is 15.4. The molecule has 0 spiro atoms. The molecule has 4 heterocycles. The molecule has 5 rings (SSSR count). The summed E-state index contributed by atoms with van der Waals surface area (Å²) in [5, 5.41) is 0.969. The molecule has 4 aromatic rings.